The maximum atomic E-state index is 13.2. The van der Waals surface area contributed by atoms with E-state index < -0.39 is 11.9 Å². The monoisotopic (exact) mass is 379 g/mol. The molecule has 0 fully saturated rings. The molecule has 0 bridgehead atoms. The van der Waals surface area contributed by atoms with Crippen molar-refractivity contribution in [2.75, 3.05) is 6.61 Å². The van der Waals surface area contributed by atoms with Crippen LogP contribution >= 0.6 is 11.6 Å². The fourth-order valence-electron chi connectivity index (χ4n) is 3.83. The molecule has 1 N–H and O–H groups in total. The number of carbonyl (C=O) groups excluding carboxylic acids is 2. The predicted octanol–water partition coefficient (Wildman–Crippen LogP) is 4.47. The summed E-state index contributed by atoms with van der Waals surface area (Å²) in [5, 5.41) is 3.78. The summed E-state index contributed by atoms with van der Waals surface area (Å²) >= 11 is 6.47. The maximum Gasteiger partial charge on any atom is 0.336 e. The van der Waals surface area contributed by atoms with Gasteiger partial charge in [0, 0.05) is 27.4 Å². The number of carbonyl (C=O) groups is 2. The Balaban J connectivity index is 1.96. The minimum atomic E-state index is -0.575. The molecule has 2 aromatic rings. The Kier molecular flexibility index (Phi) is 4.36. The minimum absolute atomic E-state index is 0.0904. The number of ether oxygens (including phenoxy) is 1. The highest BCUT2D eigenvalue weighted by Gasteiger charge is 2.43. The highest BCUT2D eigenvalue weighted by atomic mass is 35.5. The number of fused-ring (bicyclic) bond motifs is 2. The lowest BCUT2D eigenvalue weighted by molar-refractivity contribution is -0.138. The van der Waals surface area contributed by atoms with Crippen molar-refractivity contribution in [1.82, 2.24) is 5.32 Å². The van der Waals surface area contributed by atoms with Crippen LogP contribution in [0.2, 0.25) is 5.02 Å². The van der Waals surface area contributed by atoms with Gasteiger partial charge in [-0.15, -0.1) is 0 Å². The zero-order valence-corrected chi connectivity index (χ0v) is 15.8. The molecule has 0 radical (unpaired) electrons. The molecule has 136 valence electrons. The number of Topliss-reactive ketones (excluding diaryl/α,β-unsaturated/α-hetero) is 1. The molecule has 0 saturated carbocycles. The minimum Gasteiger partial charge on any atom is -0.463 e. The van der Waals surface area contributed by atoms with Crippen molar-refractivity contribution in [2.24, 2.45) is 0 Å². The fourth-order valence-corrected chi connectivity index (χ4v) is 4.07. The summed E-state index contributed by atoms with van der Waals surface area (Å²) < 4.78 is 5.29. The molecule has 0 amide bonds. The molecule has 1 unspecified atom stereocenters. The lowest BCUT2D eigenvalue weighted by Crippen LogP contribution is -2.29. The normalized spacial score (nSPS) is 18.2. The second-order valence-electron chi connectivity index (χ2n) is 6.50. The molecule has 5 heteroatoms. The molecule has 0 spiro atoms. The summed E-state index contributed by atoms with van der Waals surface area (Å²) in [6.07, 6.45) is 0. The van der Waals surface area contributed by atoms with Crippen LogP contribution in [0.3, 0.4) is 0 Å². The summed E-state index contributed by atoms with van der Waals surface area (Å²) in [7, 11) is 0. The van der Waals surface area contributed by atoms with E-state index in [4.69, 9.17) is 16.3 Å². The van der Waals surface area contributed by atoms with E-state index in [1.165, 1.54) is 0 Å². The Bertz CT molecular complexity index is 1040. The quantitative estimate of drug-likeness (QED) is 0.799. The zero-order chi connectivity index (χ0) is 19.1. The molecule has 1 atom stereocenters. The molecule has 0 aromatic heterocycles. The largest absolute Gasteiger partial charge is 0.463 e. The van der Waals surface area contributed by atoms with Crippen molar-refractivity contribution in [1.29, 1.82) is 0 Å². The van der Waals surface area contributed by atoms with Crippen molar-refractivity contribution in [3.05, 3.63) is 87.1 Å². The van der Waals surface area contributed by atoms with Crippen molar-refractivity contribution >= 4 is 29.1 Å². The van der Waals surface area contributed by atoms with Crippen molar-refractivity contribution in [2.45, 2.75) is 19.8 Å². The molecule has 4 rings (SSSR count). The Hall–Kier alpha value is -2.85. The summed E-state index contributed by atoms with van der Waals surface area (Å²) in [5.74, 6) is -1.11. The second-order valence-corrected chi connectivity index (χ2v) is 6.91. The first-order valence-corrected chi connectivity index (χ1v) is 9.20. The Morgan fingerprint density at radius 1 is 1.11 bits per heavy atom. The number of dihydropyridines is 1. The van der Waals surface area contributed by atoms with Crippen LogP contribution < -0.4 is 5.32 Å². The van der Waals surface area contributed by atoms with Crippen molar-refractivity contribution in [3.8, 4) is 0 Å². The summed E-state index contributed by atoms with van der Waals surface area (Å²) in [6, 6.07) is 14.8. The summed E-state index contributed by atoms with van der Waals surface area (Å²) in [5.41, 5.74) is 4.56. The average molecular weight is 380 g/mol. The molecule has 1 heterocycles. The van der Waals surface area contributed by atoms with E-state index in [0.29, 0.717) is 27.4 Å². The molecular weight excluding hydrogens is 362 g/mol. The third-order valence-corrected chi connectivity index (χ3v) is 5.30. The molecule has 2 aromatic carbocycles. The fraction of sp³-hybridized carbons (Fsp3) is 0.182. The van der Waals surface area contributed by atoms with Gasteiger partial charge in [0.25, 0.3) is 0 Å². The highest BCUT2D eigenvalue weighted by molar-refractivity contribution is 6.32. The molecule has 0 saturated heterocycles. The SMILES string of the molecule is CCOC(=O)C1=C(C)NC2=C(C(=O)c3ccccc32)C1c1ccccc1Cl. The topological polar surface area (TPSA) is 55.4 Å². The lowest BCUT2D eigenvalue weighted by atomic mass is 9.80. The molecule has 1 aliphatic carbocycles. The highest BCUT2D eigenvalue weighted by Crippen LogP contribution is 2.48. The Labute approximate surface area is 162 Å². The van der Waals surface area contributed by atoms with Crippen LogP contribution in [0.25, 0.3) is 5.70 Å². The van der Waals surface area contributed by atoms with E-state index in [1.54, 1.807) is 19.1 Å². The van der Waals surface area contributed by atoms with E-state index >= 15 is 0 Å². The first kappa shape index (κ1) is 17.6. The molecule has 2 aliphatic rings. The van der Waals surface area contributed by atoms with E-state index in [-0.39, 0.29) is 12.4 Å². The summed E-state index contributed by atoms with van der Waals surface area (Å²) in [4.78, 5) is 26.0. The first-order chi connectivity index (χ1) is 13.0. The van der Waals surface area contributed by atoms with Crippen LogP contribution in [-0.4, -0.2) is 18.4 Å². The zero-order valence-electron chi connectivity index (χ0n) is 15.0. The second kappa shape index (κ2) is 6.71. The first-order valence-electron chi connectivity index (χ1n) is 8.82. The number of benzene rings is 2. The standard InChI is InChI=1S/C22H18ClNO3/c1-3-27-22(26)17-12(2)24-20-13-8-4-5-9-14(13)21(25)19(20)18(17)15-10-6-7-11-16(15)23/h4-11,18,24H,3H2,1-2H3. The molecule has 4 nitrogen and oxygen atoms in total. The van der Waals surface area contributed by atoms with Gasteiger partial charge in [-0.2, -0.15) is 0 Å². The van der Waals surface area contributed by atoms with Gasteiger partial charge in [-0.1, -0.05) is 54.1 Å². The van der Waals surface area contributed by atoms with Crippen LogP contribution in [0.1, 0.15) is 41.3 Å². The lowest BCUT2D eigenvalue weighted by Gasteiger charge is -2.29. The molecular formula is C22H18ClNO3. The number of rotatable bonds is 3. The van der Waals surface area contributed by atoms with Gasteiger partial charge in [-0.25, -0.2) is 4.79 Å². The van der Waals surface area contributed by atoms with Gasteiger partial charge in [0.05, 0.1) is 23.8 Å². The average Bonchev–Trinajstić information content (AvgIpc) is 2.94. The number of nitrogens with one attached hydrogen (secondary N) is 1. The number of esters is 1. The maximum absolute atomic E-state index is 13.2. The van der Waals surface area contributed by atoms with Gasteiger partial charge in [0.1, 0.15) is 0 Å². The summed E-state index contributed by atoms with van der Waals surface area (Å²) in [6.45, 7) is 3.84. The van der Waals surface area contributed by atoms with E-state index in [0.717, 1.165) is 16.8 Å². The smallest absolute Gasteiger partial charge is 0.336 e. The molecule has 1 aliphatic heterocycles. The van der Waals surface area contributed by atoms with E-state index in [2.05, 4.69) is 5.32 Å². The van der Waals surface area contributed by atoms with Crippen LogP contribution in [0.4, 0.5) is 0 Å². The predicted molar refractivity (Wildman–Crippen MR) is 104 cm³/mol. The van der Waals surface area contributed by atoms with Gasteiger partial charge in [0.15, 0.2) is 5.78 Å². The number of halogens is 1. The molecule has 27 heavy (non-hydrogen) atoms. The Morgan fingerprint density at radius 2 is 1.78 bits per heavy atom. The number of hydrogen-bond acceptors (Lipinski definition) is 4. The van der Waals surface area contributed by atoms with Crippen molar-refractivity contribution < 1.29 is 14.3 Å². The van der Waals surface area contributed by atoms with E-state index in [1.807, 2.05) is 43.3 Å². The van der Waals surface area contributed by atoms with Crippen molar-refractivity contribution in [3.63, 3.8) is 0 Å². The van der Waals surface area contributed by atoms with E-state index in [9.17, 15) is 9.59 Å². The van der Waals surface area contributed by atoms with Crippen LogP contribution in [-0.2, 0) is 9.53 Å². The van der Waals surface area contributed by atoms with Crippen LogP contribution in [0, 0.1) is 0 Å². The van der Waals surface area contributed by atoms with Gasteiger partial charge in [0.2, 0.25) is 0 Å². The van der Waals surface area contributed by atoms with Crippen LogP contribution in [0.15, 0.2) is 65.4 Å². The number of allylic oxidation sites excluding steroid dienone is 2. The van der Waals surface area contributed by atoms with Crippen LogP contribution in [0.5, 0.6) is 0 Å². The third kappa shape index (κ3) is 2.68. The number of hydrogen-bond donors (Lipinski definition) is 1. The Morgan fingerprint density at radius 3 is 2.48 bits per heavy atom. The number of ketones is 1. The van der Waals surface area contributed by atoms with Gasteiger partial charge < -0.3 is 10.1 Å². The van der Waals surface area contributed by atoms with Gasteiger partial charge >= 0.3 is 5.97 Å². The van der Waals surface area contributed by atoms with Gasteiger partial charge in [-0.3, -0.25) is 4.79 Å². The third-order valence-electron chi connectivity index (χ3n) is 4.96. The van der Waals surface area contributed by atoms with Gasteiger partial charge in [-0.05, 0) is 25.5 Å².